The van der Waals surface area contributed by atoms with Crippen LogP contribution in [0.1, 0.15) is 4.88 Å². The van der Waals surface area contributed by atoms with Crippen molar-refractivity contribution >= 4 is 54.0 Å². The Morgan fingerprint density at radius 2 is 1.93 bits per heavy atom. The van der Waals surface area contributed by atoms with Gasteiger partial charge < -0.3 is 9.64 Å². The molecule has 0 fully saturated rings. The largest absolute Gasteiger partial charge is 0.482 e. The normalized spacial score (nSPS) is 13.8. The van der Waals surface area contributed by atoms with E-state index in [1.807, 2.05) is 19.1 Å². The number of nitrogens with one attached hydrogen (secondary N) is 1. The molecule has 1 aliphatic rings. The zero-order valence-corrected chi connectivity index (χ0v) is 18.7. The molecule has 0 saturated carbocycles. The van der Waals surface area contributed by atoms with E-state index in [9.17, 15) is 13.2 Å². The molecule has 29 heavy (non-hydrogen) atoms. The molecular formula is C19H16BrN3O4S2. The highest BCUT2D eigenvalue weighted by Gasteiger charge is 2.24. The zero-order valence-electron chi connectivity index (χ0n) is 15.5. The fourth-order valence-electron chi connectivity index (χ4n) is 2.92. The van der Waals surface area contributed by atoms with Crippen molar-refractivity contribution in [1.29, 1.82) is 0 Å². The van der Waals surface area contributed by atoms with Gasteiger partial charge in [-0.15, -0.1) is 11.3 Å². The Kier molecular flexibility index (Phi) is 5.09. The first-order chi connectivity index (χ1) is 13.7. The minimum absolute atomic E-state index is 0.0144. The molecule has 1 aliphatic heterocycles. The van der Waals surface area contributed by atoms with E-state index in [0.717, 1.165) is 14.9 Å². The Bertz CT molecular complexity index is 1210. The summed E-state index contributed by atoms with van der Waals surface area (Å²) >= 11 is 4.54. The highest BCUT2D eigenvalue weighted by atomic mass is 79.9. The van der Waals surface area contributed by atoms with Gasteiger partial charge in [-0.3, -0.25) is 9.52 Å². The van der Waals surface area contributed by atoms with Crippen LogP contribution in [0.2, 0.25) is 0 Å². The SMILES string of the molecule is Cc1sc(NS(=O)(=O)c2ccc(Br)cc2)nc1-c1ccc2c(c1)N(C)C(=O)CO2. The van der Waals surface area contributed by atoms with Crippen molar-refractivity contribution < 1.29 is 17.9 Å². The summed E-state index contributed by atoms with van der Waals surface area (Å²) in [4.78, 5) is 18.9. The zero-order chi connectivity index (χ0) is 20.8. The molecule has 0 bridgehead atoms. The Balaban J connectivity index is 1.65. The number of aromatic nitrogens is 1. The van der Waals surface area contributed by atoms with E-state index >= 15 is 0 Å². The minimum Gasteiger partial charge on any atom is -0.482 e. The van der Waals surface area contributed by atoms with Crippen molar-refractivity contribution in [3.8, 4) is 17.0 Å². The summed E-state index contributed by atoms with van der Waals surface area (Å²) < 4.78 is 34.0. The third kappa shape index (κ3) is 3.87. The van der Waals surface area contributed by atoms with Crippen LogP contribution in [0, 0.1) is 6.92 Å². The predicted octanol–water partition coefficient (Wildman–Crippen LogP) is 4.04. The number of carbonyl (C=O) groups excluding carboxylic acids is 1. The average molecular weight is 494 g/mol. The summed E-state index contributed by atoms with van der Waals surface area (Å²) in [5, 5.41) is 0.277. The smallest absolute Gasteiger partial charge is 0.264 e. The second kappa shape index (κ2) is 7.43. The topological polar surface area (TPSA) is 88.6 Å². The number of fused-ring (bicyclic) bond motifs is 1. The molecule has 0 unspecified atom stereocenters. The molecule has 10 heteroatoms. The van der Waals surface area contributed by atoms with Crippen LogP contribution in [0.25, 0.3) is 11.3 Å². The third-order valence-electron chi connectivity index (χ3n) is 4.46. The third-order valence-corrected chi connectivity index (χ3v) is 7.36. The number of carbonyl (C=O) groups is 1. The first-order valence-corrected chi connectivity index (χ1v) is 11.6. The lowest BCUT2D eigenvalue weighted by molar-refractivity contribution is -0.120. The van der Waals surface area contributed by atoms with Crippen LogP contribution >= 0.6 is 27.3 Å². The molecular weight excluding hydrogens is 478 g/mol. The quantitative estimate of drug-likeness (QED) is 0.592. The number of amides is 1. The molecule has 4 rings (SSSR count). The number of thiazole rings is 1. The molecule has 3 aromatic rings. The van der Waals surface area contributed by atoms with Gasteiger partial charge in [0, 0.05) is 22.0 Å². The average Bonchev–Trinajstić information content (AvgIpc) is 3.04. The van der Waals surface area contributed by atoms with Crippen LogP contribution in [0.3, 0.4) is 0 Å². The molecule has 1 amide bonds. The Morgan fingerprint density at radius 1 is 1.21 bits per heavy atom. The Labute approximate surface area is 180 Å². The summed E-state index contributed by atoms with van der Waals surface area (Å²) in [7, 11) is -2.05. The van der Waals surface area contributed by atoms with Gasteiger partial charge >= 0.3 is 0 Å². The number of hydrogen-bond acceptors (Lipinski definition) is 6. The van der Waals surface area contributed by atoms with Crippen molar-refractivity contribution in [2.45, 2.75) is 11.8 Å². The Morgan fingerprint density at radius 3 is 2.66 bits per heavy atom. The number of nitrogens with zero attached hydrogens (tertiary/aromatic N) is 2. The number of rotatable bonds is 4. The van der Waals surface area contributed by atoms with Gasteiger partial charge in [-0.05, 0) is 49.4 Å². The first-order valence-electron chi connectivity index (χ1n) is 8.54. The summed E-state index contributed by atoms with van der Waals surface area (Å²) in [5.41, 5.74) is 2.08. The fourth-order valence-corrected chi connectivity index (χ4v) is 5.25. The second-order valence-electron chi connectivity index (χ2n) is 6.41. The number of sulfonamides is 1. The number of halogens is 1. The highest BCUT2D eigenvalue weighted by molar-refractivity contribution is 9.10. The van der Waals surface area contributed by atoms with Crippen LogP contribution in [-0.2, 0) is 14.8 Å². The van der Waals surface area contributed by atoms with E-state index in [1.165, 1.54) is 23.5 Å². The standard InChI is InChI=1S/C19H16BrN3O4S2/c1-11-18(12-3-8-16-15(9-12)23(2)17(24)10-27-16)21-19(28-11)22-29(25,26)14-6-4-13(20)5-7-14/h3-9H,10H2,1-2H3,(H,21,22). The summed E-state index contributed by atoms with van der Waals surface area (Å²) in [6, 6.07) is 11.8. The van der Waals surface area contributed by atoms with Crippen LogP contribution in [0.5, 0.6) is 5.75 Å². The lowest BCUT2D eigenvalue weighted by Crippen LogP contribution is -2.35. The number of anilines is 2. The van der Waals surface area contributed by atoms with Crippen molar-refractivity contribution in [3.63, 3.8) is 0 Å². The summed E-state index contributed by atoms with van der Waals surface area (Å²) in [6.07, 6.45) is 0. The maximum Gasteiger partial charge on any atom is 0.264 e. The number of ether oxygens (including phenoxy) is 1. The van der Waals surface area contributed by atoms with Crippen molar-refractivity contribution in [1.82, 2.24) is 4.98 Å². The van der Waals surface area contributed by atoms with Crippen LogP contribution in [0.15, 0.2) is 51.8 Å². The van der Waals surface area contributed by atoms with Crippen LogP contribution in [0.4, 0.5) is 10.8 Å². The number of benzene rings is 2. The highest BCUT2D eigenvalue weighted by Crippen LogP contribution is 2.38. The molecule has 7 nitrogen and oxygen atoms in total. The molecule has 0 saturated heterocycles. The van der Waals surface area contributed by atoms with E-state index in [0.29, 0.717) is 17.1 Å². The van der Waals surface area contributed by atoms with E-state index in [1.54, 1.807) is 30.1 Å². The Hall–Kier alpha value is -2.43. The number of likely N-dealkylation sites (N-methyl/N-ethyl adjacent to an activating group) is 1. The maximum absolute atomic E-state index is 12.6. The molecule has 0 radical (unpaired) electrons. The summed E-state index contributed by atoms with van der Waals surface area (Å²) in [6.45, 7) is 1.88. The molecule has 0 aliphatic carbocycles. The molecule has 2 aromatic carbocycles. The van der Waals surface area contributed by atoms with E-state index in [-0.39, 0.29) is 22.5 Å². The molecule has 2 heterocycles. The molecule has 150 valence electrons. The molecule has 1 aromatic heterocycles. The molecule has 0 atom stereocenters. The molecule has 1 N–H and O–H groups in total. The van der Waals surface area contributed by atoms with Gasteiger partial charge in [-0.2, -0.15) is 0 Å². The van der Waals surface area contributed by atoms with Gasteiger partial charge in [0.1, 0.15) is 5.75 Å². The number of aryl methyl sites for hydroxylation is 1. The monoisotopic (exact) mass is 493 g/mol. The van der Waals surface area contributed by atoms with E-state index in [2.05, 4.69) is 25.6 Å². The minimum atomic E-state index is -3.74. The lowest BCUT2D eigenvalue weighted by atomic mass is 10.1. The van der Waals surface area contributed by atoms with Gasteiger partial charge in [0.15, 0.2) is 11.7 Å². The maximum atomic E-state index is 12.6. The van der Waals surface area contributed by atoms with E-state index in [4.69, 9.17) is 4.74 Å². The first kappa shape index (κ1) is 19.9. The summed E-state index contributed by atoms with van der Waals surface area (Å²) in [5.74, 6) is 0.493. The van der Waals surface area contributed by atoms with Crippen LogP contribution < -0.4 is 14.4 Å². The van der Waals surface area contributed by atoms with Crippen molar-refractivity contribution in [2.24, 2.45) is 0 Å². The van der Waals surface area contributed by atoms with Gasteiger partial charge in [0.2, 0.25) is 0 Å². The van der Waals surface area contributed by atoms with Gasteiger partial charge in [-0.25, -0.2) is 13.4 Å². The number of hydrogen-bond donors (Lipinski definition) is 1. The van der Waals surface area contributed by atoms with Crippen LogP contribution in [-0.4, -0.2) is 33.0 Å². The molecule has 0 spiro atoms. The predicted molar refractivity (Wildman–Crippen MR) is 116 cm³/mol. The lowest BCUT2D eigenvalue weighted by Gasteiger charge is -2.26. The fraction of sp³-hybridized carbons (Fsp3) is 0.158. The van der Waals surface area contributed by atoms with E-state index < -0.39 is 10.0 Å². The van der Waals surface area contributed by atoms with Gasteiger partial charge in [0.25, 0.3) is 15.9 Å². The van der Waals surface area contributed by atoms with Gasteiger partial charge in [0.05, 0.1) is 16.3 Å². The second-order valence-corrected chi connectivity index (χ2v) is 10.2. The van der Waals surface area contributed by atoms with Crippen molar-refractivity contribution in [3.05, 3.63) is 51.8 Å². The van der Waals surface area contributed by atoms with Crippen molar-refractivity contribution in [2.75, 3.05) is 23.3 Å². The van der Waals surface area contributed by atoms with Gasteiger partial charge in [-0.1, -0.05) is 15.9 Å².